The number of aryl methyl sites for hydroxylation is 1. The maximum Gasteiger partial charge on any atom is 0.239 e. The van der Waals surface area contributed by atoms with Crippen molar-refractivity contribution in [2.24, 2.45) is 0 Å². The van der Waals surface area contributed by atoms with Crippen molar-refractivity contribution in [2.75, 3.05) is 18.5 Å². The molecule has 2 N–H and O–H groups in total. The van der Waals surface area contributed by atoms with Gasteiger partial charge in [0.25, 0.3) is 0 Å². The van der Waals surface area contributed by atoms with E-state index in [1.807, 2.05) is 60.7 Å². The Bertz CT molecular complexity index is 851. The molecule has 144 valence electrons. The summed E-state index contributed by atoms with van der Waals surface area (Å²) < 4.78 is 5.84. The molecule has 3 aromatic rings. The van der Waals surface area contributed by atoms with Crippen LogP contribution in [-0.2, 0) is 17.8 Å². The first kappa shape index (κ1) is 19.5. The van der Waals surface area contributed by atoms with Gasteiger partial charge in [-0.05, 0) is 36.1 Å². The molecule has 0 fully saturated rings. The summed E-state index contributed by atoms with van der Waals surface area (Å²) in [6.07, 6.45) is 1.96. The van der Waals surface area contributed by atoms with Crippen LogP contribution < -0.4 is 15.4 Å². The zero-order valence-electron chi connectivity index (χ0n) is 15.9. The van der Waals surface area contributed by atoms with Gasteiger partial charge >= 0.3 is 0 Å². The second-order valence-corrected chi connectivity index (χ2v) is 6.58. The van der Waals surface area contributed by atoms with Gasteiger partial charge in [-0.25, -0.2) is 0 Å². The Kier molecular flexibility index (Phi) is 7.50. The Labute approximate surface area is 166 Å². The molecular weight excluding hydrogens is 348 g/mol. The Hall–Kier alpha value is -3.27. The molecule has 0 radical (unpaired) electrons. The van der Waals surface area contributed by atoms with Crippen LogP contribution in [0, 0.1) is 0 Å². The van der Waals surface area contributed by atoms with Gasteiger partial charge in [-0.15, -0.1) is 0 Å². The molecule has 0 heterocycles. The minimum absolute atomic E-state index is 0.0435. The fourth-order valence-corrected chi connectivity index (χ4v) is 2.85. The molecule has 0 saturated heterocycles. The molecule has 1 amide bonds. The van der Waals surface area contributed by atoms with Crippen LogP contribution >= 0.6 is 0 Å². The van der Waals surface area contributed by atoms with Crippen molar-refractivity contribution in [1.82, 2.24) is 5.32 Å². The Balaban J connectivity index is 1.37. The normalized spacial score (nSPS) is 10.3. The van der Waals surface area contributed by atoms with Crippen LogP contribution in [0.1, 0.15) is 17.5 Å². The van der Waals surface area contributed by atoms with E-state index in [2.05, 4.69) is 34.9 Å². The van der Waals surface area contributed by atoms with Gasteiger partial charge in [-0.2, -0.15) is 0 Å². The van der Waals surface area contributed by atoms with Gasteiger partial charge in [0.2, 0.25) is 5.91 Å². The van der Waals surface area contributed by atoms with E-state index >= 15 is 0 Å². The number of ether oxygens (including phenoxy) is 1. The first-order valence-electron chi connectivity index (χ1n) is 9.61. The average molecular weight is 374 g/mol. The molecule has 0 saturated carbocycles. The van der Waals surface area contributed by atoms with Crippen LogP contribution in [0.2, 0.25) is 0 Å². The van der Waals surface area contributed by atoms with Crippen LogP contribution in [-0.4, -0.2) is 19.1 Å². The highest BCUT2D eigenvalue weighted by molar-refractivity contribution is 5.80. The first-order valence-corrected chi connectivity index (χ1v) is 9.61. The number of hydrogen-bond donors (Lipinski definition) is 2. The van der Waals surface area contributed by atoms with Crippen LogP contribution in [0.15, 0.2) is 84.9 Å². The third-order valence-corrected chi connectivity index (χ3v) is 4.34. The summed E-state index contributed by atoms with van der Waals surface area (Å²) in [4.78, 5) is 12.0. The number of carbonyl (C=O) groups is 1. The van der Waals surface area contributed by atoms with Gasteiger partial charge in [0.05, 0.1) is 13.2 Å². The van der Waals surface area contributed by atoms with Gasteiger partial charge in [0.15, 0.2) is 0 Å². The quantitative estimate of drug-likeness (QED) is 0.516. The monoisotopic (exact) mass is 374 g/mol. The largest absolute Gasteiger partial charge is 0.494 e. The topological polar surface area (TPSA) is 50.4 Å². The van der Waals surface area contributed by atoms with Crippen molar-refractivity contribution >= 4 is 11.6 Å². The van der Waals surface area contributed by atoms with Crippen LogP contribution in [0.25, 0.3) is 0 Å². The van der Waals surface area contributed by atoms with E-state index in [0.29, 0.717) is 13.2 Å². The van der Waals surface area contributed by atoms with E-state index in [9.17, 15) is 4.79 Å². The summed E-state index contributed by atoms with van der Waals surface area (Å²) in [5.41, 5.74) is 3.28. The molecule has 0 aromatic heterocycles. The third kappa shape index (κ3) is 6.80. The summed E-state index contributed by atoms with van der Waals surface area (Å²) in [6.45, 7) is 1.42. The van der Waals surface area contributed by atoms with Gasteiger partial charge in [0, 0.05) is 18.3 Å². The first-order chi connectivity index (χ1) is 13.8. The minimum Gasteiger partial charge on any atom is -0.494 e. The van der Waals surface area contributed by atoms with E-state index in [1.165, 1.54) is 5.56 Å². The van der Waals surface area contributed by atoms with E-state index < -0.39 is 0 Å². The van der Waals surface area contributed by atoms with Gasteiger partial charge in [-0.1, -0.05) is 66.7 Å². The van der Waals surface area contributed by atoms with Crippen molar-refractivity contribution in [1.29, 1.82) is 0 Å². The molecule has 0 aliphatic rings. The smallest absolute Gasteiger partial charge is 0.239 e. The average Bonchev–Trinajstić information content (AvgIpc) is 2.76. The fourth-order valence-electron chi connectivity index (χ4n) is 2.85. The second kappa shape index (κ2) is 10.8. The fraction of sp³-hybridized carbons (Fsp3) is 0.208. The number of anilines is 1. The molecule has 0 aliphatic heterocycles. The lowest BCUT2D eigenvalue weighted by Crippen LogP contribution is -2.29. The summed E-state index contributed by atoms with van der Waals surface area (Å²) in [6, 6.07) is 28.0. The Morgan fingerprint density at radius 2 is 1.54 bits per heavy atom. The molecule has 0 unspecified atom stereocenters. The van der Waals surface area contributed by atoms with E-state index in [-0.39, 0.29) is 12.5 Å². The summed E-state index contributed by atoms with van der Waals surface area (Å²) >= 11 is 0. The van der Waals surface area contributed by atoms with Crippen LogP contribution in [0.3, 0.4) is 0 Å². The maximum absolute atomic E-state index is 12.0. The van der Waals surface area contributed by atoms with Crippen molar-refractivity contribution in [2.45, 2.75) is 19.4 Å². The number of benzene rings is 3. The zero-order chi connectivity index (χ0) is 19.4. The minimum atomic E-state index is -0.0435. The SMILES string of the molecule is O=C(CNc1cccc(OCCCc2ccccc2)c1)NCc1ccccc1. The van der Waals surface area contributed by atoms with Crippen molar-refractivity contribution < 1.29 is 9.53 Å². The number of amides is 1. The molecule has 0 spiro atoms. The number of hydrogen-bond acceptors (Lipinski definition) is 3. The van der Waals surface area contributed by atoms with E-state index in [1.54, 1.807) is 0 Å². The molecule has 3 aromatic carbocycles. The lowest BCUT2D eigenvalue weighted by Gasteiger charge is -2.10. The molecule has 4 nitrogen and oxygen atoms in total. The van der Waals surface area contributed by atoms with Crippen molar-refractivity contribution in [3.63, 3.8) is 0 Å². The lowest BCUT2D eigenvalue weighted by atomic mass is 10.1. The van der Waals surface area contributed by atoms with Gasteiger partial charge in [-0.3, -0.25) is 4.79 Å². The summed E-state index contributed by atoms with van der Waals surface area (Å²) in [5.74, 6) is 0.765. The van der Waals surface area contributed by atoms with E-state index in [4.69, 9.17) is 4.74 Å². The Morgan fingerprint density at radius 1 is 0.821 bits per heavy atom. The summed E-state index contributed by atoms with van der Waals surface area (Å²) in [7, 11) is 0. The third-order valence-electron chi connectivity index (χ3n) is 4.34. The molecule has 28 heavy (non-hydrogen) atoms. The molecule has 0 aliphatic carbocycles. The van der Waals surface area contributed by atoms with Gasteiger partial charge < -0.3 is 15.4 Å². The zero-order valence-corrected chi connectivity index (χ0v) is 15.9. The molecule has 0 atom stereocenters. The highest BCUT2D eigenvalue weighted by atomic mass is 16.5. The maximum atomic E-state index is 12.0. The second-order valence-electron chi connectivity index (χ2n) is 6.58. The predicted octanol–water partition coefficient (Wildman–Crippen LogP) is 4.43. The van der Waals surface area contributed by atoms with E-state index in [0.717, 1.165) is 29.8 Å². The molecular formula is C24H26N2O2. The Morgan fingerprint density at radius 3 is 2.29 bits per heavy atom. The van der Waals surface area contributed by atoms with Crippen LogP contribution in [0.4, 0.5) is 5.69 Å². The highest BCUT2D eigenvalue weighted by Crippen LogP contribution is 2.17. The highest BCUT2D eigenvalue weighted by Gasteiger charge is 2.03. The number of carbonyl (C=O) groups excluding carboxylic acids is 1. The molecule has 4 heteroatoms. The molecule has 3 rings (SSSR count). The lowest BCUT2D eigenvalue weighted by molar-refractivity contribution is -0.119. The predicted molar refractivity (Wildman–Crippen MR) is 113 cm³/mol. The number of nitrogens with one attached hydrogen (secondary N) is 2. The van der Waals surface area contributed by atoms with Gasteiger partial charge in [0.1, 0.15) is 5.75 Å². The molecule has 0 bridgehead atoms. The summed E-state index contributed by atoms with van der Waals surface area (Å²) in [5, 5.41) is 6.05. The standard InChI is InChI=1S/C24H26N2O2/c27-24(26-18-21-11-5-2-6-12-21)19-25-22-14-7-15-23(17-22)28-16-8-13-20-9-3-1-4-10-20/h1-7,9-12,14-15,17,25H,8,13,16,18-19H2,(H,26,27). The van der Waals surface area contributed by atoms with Crippen molar-refractivity contribution in [3.05, 3.63) is 96.1 Å². The van der Waals surface area contributed by atoms with Crippen molar-refractivity contribution in [3.8, 4) is 5.75 Å². The van der Waals surface area contributed by atoms with Crippen LogP contribution in [0.5, 0.6) is 5.75 Å². The number of rotatable bonds is 10.